The van der Waals surface area contributed by atoms with E-state index in [4.69, 9.17) is 0 Å². The van der Waals surface area contributed by atoms with Crippen LogP contribution < -0.4 is 0 Å². The highest BCUT2D eigenvalue weighted by molar-refractivity contribution is 5.64. The highest BCUT2D eigenvalue weighted by Gasteiger charge is 2.03. The lowest BCUT2D eigenvalue weighted by Gasteiger charge is -2.10. The second kappa shape index (κ2) is 8.79. The van der Waals surface area contributed by atoms with E-state index in [0.717, 1.165) is 0 Å². The normalized spacial score (nSPS) is 11.0. The second-order valence-corrected chi connectivity index (χ2v) is 5.83. The number of benzene rings is 1. The molecule has 0 saturated carbocycles. The molecule has 0 saturated heterocycles. The van der Waals surface area contributed by atoms with Crippen molar-refractivity contribution >= 4 is 12.2 Å². The van der Waals surface area contributed by atoms with E-state index >= 15 is 0 Å². The van der Waals surface area contributed by atoms with Crippen molar-refractivity contribution in [3.05, 3.63) is 45.5 Å². The molecule has 0 radical (unpaired) electrons. The molecule has 0 aliphatic rings. The van der Waals surface area contributed by atoms with Gasteiger partial charge in [-0.2, -0.15) is 0 Å². The molecule has 1 rings (SSSR count). The molecule has 0 heteroatoms. The highest BCUT2D eigenvalue weighted by Crippen LogP contribution is 2.22. The molecular formula is C20H32. The van der Waals surface area contributed by atoms with Gasteiger partial charge < -0.3 is 0 Å². The van der Waals surface area contributed by atoms with Crippen molar-refractivity contribution in [2.45, 2.75) is 62.3 Å². The van der Waals surface area contributed by atoms with Gasteiger partial charge in [0.05, 0.1) is 0 Å². The minimum absolute atomic E-state index is 0.613. The lowest BCUT2D eigenvalue weighted by Crippen LogP contribution is -1.92. The first-order valence-corrected chi connectivity index (χ1v) is 7.75. The van der Waals surface area contributed by atoms with Gasteiger partial charge in [0.1, 0.15) is 0 Å². The number of hydrogen-bond donors (Lipinski definition) is 0. The number of aryl methyl sites for hydroxylation is 2. The zero-order valence-electron chi connectivity index (χ0n) is 14.9. The average molecular weight is 272 g/mol. The van der Waals surface area contributed by atoms with E-state index in [2.05, 4.69) is 72.8 Å². The maximum Gasteiger partial charge on any atom is -0.0225 e. The Balaban J connectivity index is 0.00000172. The molecule has 0 spiro atoms. The standard InChI is InChI=1S/C18H26.C2H6/c1-12(2)8-17-10-16(7)18(11-15(17)6)9-14(5)13(3)4;1-2/h8-11,13H,1-7H3;1-2H3/b14-9+;. The summed E-state index contributed by atoms with van der Waals surface area (Å²) in [5.41, 5.74) is 8.18. The Kier molecular flexibility index (Phi) is 8.22. The van der Waals surface area contributed by atoms with Crippen LogP contribution in [0.25, 0.3) is 12.2 Å². The van der Waals surface area contributed by atoms with Gasteiger partial charge in [-0.3, -0.25) is 0 Å². The quantitative estimate of drug-likeness (QED) is 0.567. The predicted octanol–water partition coefficient (Wildman–Crippen LogP) is 6.81. The van der Waals surface area contributed by atoms with E-state index in [-0.39, 0.29) is 0 Å². The summed E-state index contributed by atoms with van der Waals surface area (Å²) in [4.78, 5) is 0. The molecule has 0 amide bonds. The van der Waals surface area contributed by atoms with Gasteiger partial charge in [-0.15, -0.1) is 0 Å². The van der Waals surface area contributed by atoms with Gasteiger partial charge in [-0.25, -0.2) is 0 Å². The third kappa shape index (κ3) is 5.77. The lowest BCUT2D eigenvalue weighted by molar-refractivity contribution is 0.776. The largest absolute Gasteiger partial charge is 0.0758 e. The van der Waals surface area contributed by atoms with Crippen molar-refractivity contribution in [1.29, 1.82) is 0 Å². The molecule has 0 atom stereocenters. The molecule has 0 fully saturated rings. The predicted molar refractivity (Wildman–Crippen MR) is 95.1 cm³/mol. The van der Waals surface area contributed by atoms with Crippen molar-refractivity contribution in [3.8, 4) is 0 Å². The Morgan fingerprint density at radius 2 is 1.25 bits per heavy atom. The first-order chi connectivity index (χ1) is 9.31. The van der Waals surface area contributed by atoms with Crippen molar-refractivity contribution in [2.75, 3.05) is 0 Å². The summed E-state index contributed by atoms with van der Waals surface area (Å²) < 4.78 is 0. The van der Waals surface area contributed by atoms with Gasteiger partial charge in [0.2, 0.25) is 0 Å². The first kappa shape index (κ1) is 18.7. The van der Waals surface area contributed by atoms with Crippen LogP contribution in [0, 0.1) is 19.8 Å². The van der Waals surface area contributed by atoms with Crippen molar-refractivity contribution in [1.82, 2.24) is 0 Å². The van der Waals surface area contributed by atoms with E-state index in [9.17, 15) is 0 Å². The summed E-state index contributed by atoms with van der Waals surface area (Å²) in [5, 5.41) is 0. The molecule has 0 aliphatic carbocycles. The van der Waals surface area contributed by atoms with Gasteiger partial charge in [0.25, 0.3) is 0 Å². The number of allylic oxidation sites excluding steroid dienone is 2. The second-order valence-electron chi connectivity index (χ2n) is 5.83. The minimum atomic E-state index is 0.613. The molecule has 0 aliphatic heterocycles. The van der Waals surface area contributed by atoms with E-state index in [1.165, 1.54) is 33.4 Å². The third-order valence-corrected chi connectivity index (χ3v) is 3.39. The van der Waals surface area contributed by atoms with E-state index in [1.807, 2.05) is 13.8 Å². The fourth-order valence-electron chi connectivity index (χ4n) is 1.89. The fraction of sp³-hybridized carbons (Fsp3) is 0.500. The molecule has 0 nitrogen and oxygen atoms in total. The van der Waals surface area contributed by atoms with Crippen LogP contribution in [0.4, 0.5) is 0 Å². The van der Waals surface area contributed by atoms with Crippen LogP contribution in [0.15, 0.2) is 23.3 Å². The Hall–Kier alpha value is -1.30. The molecule has 0 aromatic heterocycles. The van der Waals surface area contributed by atoms with Crippen molar-refractivity contribution in [3.63, 3.8) is 0 Å². The summed E-state index contributed by atoms with van der Waals surface area (Å²) in [6.07, 6.45) is 4.57. The van der Waals surface area contributed by atoms with Gasteiger partial charge in [-0.05, 0) is 62.8 Å². The third-order valence-electron chi connectivity index (χ3n) is 3.39. The zero-order chi connectivity index (χ0) is 15.9. The van der Waals surface area contributed by atoms with E-state index < -0.39 is 0 Å². The summed E-state index contributed by atoms with van der Waals surface area (Å²) in [6, 6.07) is 4.60. The van der Waals surface area contributed by atoms with Crippen LogP contribution >= 0.6 is 0 Å². The van der Waals surface area contributed by atoms with Gasteiger partial charge >= 0.3 is 0 Å². The molecule has 0 N–H and O–H groups in total. The van der Waals surface area contributed by atoms with Crippen LogP contribution in [-0.4, -0.2) is 0 Å². The minimum Gasteiger partial charge on any atom is -0.0758 e. The Morgan fingerprint density at radius 3 is 1.60 bits per heavy atom. The van der Waals surface area contributed by atoms with Crippen LogP contribution in [0.1, 0.15) is 70.7 Å². The number of rotatable bonds is 3. The molecule has 20 heavy (non-hydrogen) atoms. The Bertz CT molecular complexity index is 481. The summed E-state index contributed by atoms with van der Waals surface area (Å²) >= 11 is 0. The molecule has 0 heterocycles. The van der Waals surface area contributed by atoms with E-state index in [0.29, 0.717) is 5.92 Å². The number of hydrogen-bond acceptors (Lipinski definition) is 0. The first-order valence-electron chi connectivity index (χ1n) is 7.75. The lowest BCUT2D eigenvalue weighted by atomic mass is 9.95. The smallest absolute Gasteiger partial charge is 0.0225 e. The van der Waals surface area contributed by atoms with Crippen LogP contribution in [0.5, 0.6) is 0 Å². The Morgan fingerprint density at radius 1 is 0.850 bits per heavy atom. The SMILES string of the molecule is CC.CC(C)=Cc1cc(C)c(/C=C(\C)C(C)C)cc1C. The summed E-state index contributed by atoms with van der Waals surface area (Å²) in [7, 11) is 0. The van der Waals surface area contributed by atoms with Crippen molar-refractivity contribution < 1.29 is 0 Å². The van der Waals surface area contributed by atoms with E-state index in [1.54, 1.807) is 0 Å². The van der Waals surface area contributed by atoms with Gasteiger partial charge in [0, 0.05) is 0 Å². The molecule has 0 bridgehead atoms. The highest BCUT2D eigenvalue weighted by atomic mass is 14.1. The topological polar surface area (TPSA) is 0 Å². The van der Waals surface area contributed by atoms with Crippen LogP contribution in [0.3, 0.4) is 0 Å². The monoisotopic (exact) mass is 272 g/mol. The fourth-order valence-corrected chi connectivity index (χ4v) is 1.89. The summed E-state index contributed by atoms with van der Waals surface area (Å²) in [6.45, 7) is 19.4. The molecule has 112 valence electrons. The summed E-state index contributed by atoms with van der Waals surface area (Å²) in [5.74, 6) is 0.613. The van der Waals surface area contributed by atoms with Gasteiger partial charge in [-0.1, -0.05) is 63.1 Å². The maximum absolute atomic E-state index is 2.32. The van der Waals surface area contributed by atoms with Crippen molar-refractivity contribution in [2.24, 2.45) is 5.92 Å². The maximum atomic E-state index is 2.32. The Labute approximate surface area is 126 Å². The molecule has 0 unspecified atom stereocenters. The molecule has 1 aromatic rings. The van der Waals surface area contributed by atoms with Crippen LogP contribution in [-0.2, 0) is 0 Å². The van der Waals surface area contributed by atoms with Crippen LogP contribution in [0.2, 0.25) is 0 Å². The van der Waals surface area contributed by atoms with Gasteiger partial charge in [0.15, 0.2) is 0 Å². The average Bonchev–Trinajstić information content (AvgIpc) is 2.37. The zero-order valence-corrected chi connectivity index (χ0v) is 14.9. The molecule has 1 aromatic carbocycles. The molecular weight excluding hydrogens is 240 g/mol.